The Kier molecular flexibility index (Phi) is 5.39. The predicted octanol–water partition coefficient (Wildman–Crippen LogP) is 2.79. The van der Waals surface area contributed by atoms with Crippen LogP contribution in [0.5, 0.6) is 5.75 Å². The number of benzene rings is 1. The van der Waals surface area contributed by atoms with Crippen LogP contribution in [0.4, 0.5) is 4.39 Å². The smallest absolute Gasteiger partial charge is 0.165 e. The van der Waals surface area contributed by atoms with Crippen LogP contribution < -0.4 is 4.74 Å². The molecule has 0 amide bonds. The number of hydrogen-bond donors (Lipinski definition) is 0. The van der Waals surface area contributed by atoms with Crippen molar-refractivity contribution in [3.8, 4) is 5.75 Å². The van der Waals surface area contributed by atoms with Crippen molar-refractivity contribution in [2.24, 2.45) is 0 Å². The summed E-state index contributed by atoms with van der Waals surface area (Å²) < 4.78 is 41.8. The first-order valence-corrected chi connectivity index (χ1v) is 7.84. The summed E-state index contributed by atoms with van der Waals surface area (Å²) in [5.41, 5.74) is 0. The topological polar surface area (TPSA) is 43.4 Å². The van der Waals surface area contributed by atoms with Gasteiger partial charge in [-0.2, -0.15) is 0 Å². The Bertz CT molecular complexity index is 474. The van der Waals surface area contributed by atoms with E-state index in [1.807, 2.05) is 0 Å². The van der Waals surface area contributed by atoms with Crippen LogP contribution in [0.1, 0.15) is 13.3 Å². The zero-order valence-electron chi connectivity index (χ0n) is 9.45. The summed E-state index contributed by atoms with van der Waals surface area (Å²) >= 11 is 3.19. The van der Waals surface area contributed by atoms with Crippen LogP contribution in [0.15, 0.2) is 22.7 Å². The lowest BCUT2D eigenvalue weighted by Crippen LogP contribution is -2.17. The van der Waals surface area contributed by atoms with Gasteiger partial charge in [-0.05, 0) is 24.6 Å². The quantitative estimate of drug-likeness (QED) is 0.808. The minimum atomic E-state index is -3.08. The lowest BCUT2D eigenvalue weighted by molar-refractivity contribution is 0.322. The maximum absolute atomic E-state index is 13.2. The highest BCUT2D eigenvalue weighted by molar-refractivity contribution is 9.10. The fourth-order valence-corrected chi connectivity index (χ4v) is 2.78. The molecule has 96 valence electrons. The fraction of sp³-hybridized carbons (Fsp3) is 0.455. The number of rotatable bonds is 6. The first-order chi connectivity index (χ1) is 7.94. The minimum Gasteiger partial charge on any atom is -0.489 e. The van der Waals surface area contributed by atoms with Crippen molar-refractivity contribution in [1.29, 1.82) is 0 Å². The van der Waals surface area contributed by atoms with Gasteiger partial charge in [0.2, 0.25) is 0 Å². The third-order valence-electron chi connectivity index (χ3n) is 2.06. The van der Waals surface area contributed by atoms with Crippen LogP contribution in [0.25, 0.3) is 0 Å². The predicted molar refractivity (Wildman–Crippen MR) is 68.5 cm³/mol. The van der Waals surface area contributed by atoms with Crippen LogP contribution in [-0.2, 0) is 9.84 Å². The highest BCUT2D eigenvalue weighted by Gasteiger charge is 2.10. The molecule has 0 N–H and O–H groups in total. The van der Waals surface area contributed by atoms with Gasteiger partial charge in [0.1, 0.15) is 6.61 Å². The third-order valence-corrected chi connectivity index (χ3v) is 4.37. The van der Waals surface area contributed by atoms with E-state index in [1.165, 1.54) is 12.1 Å². The molecule has 0 aliphatic rings. The second kappa shape index (κ2) is 6.35. The van der Waals surface area contributed by atoms with E-state index in [9.17, 15) is 12.8 Å². The van der Waals surface area contributed by atoms with E-state index in [-0.39, 0.29) is 23.9 Å². The molecule has 1 aromatic rings. The first-order valence-electron chi connectivity index (χ1n) is 5.23. The number of ether oxygens (including phenoxy) is 1. The largest absolute Gasteiger partial charge is 0.489 e. The van der Waals surface area contributed by atoms with E-state index in [4.69, 9.17) is 4.74 Å². The van der Waals surface area contributed by atoms with Crippen LogP contribution in [0, 0.1) is 5.82 Å². The molecule has 0 aromatic heterocycles. The van der Waals surface area contributed by atoms with E-state index in [0.29, 0.717) is 10.9 Å². The summed E-state index contributed by atoms with van der Waals surface area (Å²) in [6.45, 7) is 1.77. The van der Waals surface area contributed by atoms with Gasteiger partial charge in [0, 0.05) is 4.47 Å². The Morgan fingerprint density at radius 1 is 1.35 bits per heavy atom. The van der Waals surface area contributed by atoms with Gasteiger partial charge >= 0.3 is 0 Å². The highest BCUT2D eigenvalue weighted by Crippen LogP contribution is 2.22. The monoisotopic (exact) mass is 324 g/mol. The van der Waals surface area contributed by atoms with Gasteiger partial charge in [0.15, 0.2) is 21.4 Å². The van der Waals surface area contributed by atoms with Crippen molar-refractivity contribution >= 4 is 25.8 Å². The lowest BCUT2D eigenvalue weighted by atomic mass is 10.3. The molecular weight excluding hydrogens is 311 g/mol. The molecule has 0 bridgehead atoms. The second-order valence-corrected chi connectivity index (χ2v) is 6.79. The number of sulfone groups is 1. The Morgan fingerprint density at radius 2 is 2.06 bits per heavy atom. The maximum atomic E-state index is 13.2. The van der Waals surface area contributed by atoms with Crippen molar-refractivity contribution in [3.63, 3.8) is 0 Å². The van der Waals surface area contributed by atoms with Crippen molar-refractivity contribution in [1.82, 2.24) is 0 Å². The molecule has 0 fully saturated rings. The molecule has 0 spiro atoms. The third kappa shape index (κ3) is 5.04. The highest BCUT2D eigenvalue weighted by atomic mass is 79.9. The standard InChI is InChI=1S/C11H14BrFO3S/c1-2-6-17(14,15)7-5-16-11-8-9(12)3-4-10(11)13/h3-4,8H,2,5-7H2,1H3. The molecule has 0 atom stereocenters. The molecule has 0 aliphatic carbocycles. The van der Waals surface area contributed by atoms with Gasteiger partial charge in [-0.15, -0.1) is 0 Å². The fourth-order valence-electron chi connectivity index (χ4n) is 1.28. The van der Waals surface area contributed by atoms with Gasteiger partial charge in [-0.1, -0.05) is 22.9 Å². The summed E-state index contributed by atoms with van der Waals surface area (Å²) in [6.07, 6.45) is 0.577. The molecule has 0 aliphatic heterocycles. The SMILES string of the molecule is CCCS(=O)(=O)CCOc1cc(Br)ccc1F. The molecule has 0 radical (unpaired) electrons. The van der Waals surface area contributed by atoms with Crippen LogP contribution in [0.3, 0.4) is 0 Å². The summed E-state index contributed by atoms with van der Waals surface area (Å²) in [5.74, 6) is -0.392. The lowest BCUT2D eigenvalue weighted by Gasteiger charge is -2.07. The molecule has 3 nitrogen and oxygen atoms in total. The zero-order chi connectivity index (χ0) is 12.9. The van der Waals surface area contributed by atoms with Gasteiger partial charge in [-0.25, -0.2) is 12.8 Å². The molecule has 1 rings (SSSR count). The van der Waals surface area contributed by atoms with E-state index < -0.39 is 15.7 Å². The Hall–Kier alpha value is -0.620. The molecular formula is C11H14BrFO3S. The summed E-state index contributed by atoms with van der Waals surface area (Å²) in [6, 6.07) is 4.29. The van der Waals surface area contributed by atoms with Crippen molar-refractivity contribution in [2.75, 3.05) is 18.1 Å². The van der Waals surface area contributed by atoms with Gasteiger partial charge in [0.05, 0.1) is 11.5 Å². The van der Waals surface area contributed by atoms with E-state index in [1.54, 1.807) is 13.0 Å². The van der Waals surface area contributed by atoms with E-state index >= 15 is 0 Å². The van der Waals surface area contributed by atoms with E-state index in [0.717, 1.165) is 0 Å². The Balaban J connectivity index is 2.54. The summed E-state index contributed by atoms with van der Waals surface area (Å²) in [5, 5.41) is 0. The van der Waals surface area contributed by atoms with Gasteiger partial charge in [-0.3, -0.25) is 0 Å². The molecule has 6 heteroatoms. The average molecular weight is 325 g/mol. The molecule has 0 heterocycles. The maximum Gasteiger partial charge on any atom is 0.165 e. The molecule has 0 saturated heterocycles. The van der Waals surface area contributed by atoms with Crippen LogP contribution in [-0.4, -0.2) is 26.5 Å². The average Bonchev–Trinajstić information content (AvgIpc) is 2.23. The van der Waals surface area contributed by atoms with Crippen molar-refractivity contribution < 1.29 is 17.5 Å². The van der Waals surface area contributed by atoms with Crippen molar-refractivity contribution in [3.05, 3.63) is 28.5 Å². The summed E-state index contributed by atoms with van der Waals surface area (Å²) in [7, 11) is -3.08. The summed E-state index contributed by atoms with van der Waals surface area (Å²) in [4.78, 5) is 0. The second-order valence-electron chi connectivity index (χ2n) is 3.58. The van der Waals surface area contributed by atoms with Crippen LogP contribution >= 0.6 is 15.9 Å². The molecule has 0 saturated carbocycles. The molecule has 17 heavy (non-hydrogen) atoms. The van der Waals surface area contributed by atoms with Gasteiger partial charge < -0.3 is 4.74 Å². The van der Waals surface area contributed by atoms with Crippen molar-refractivity contribution in [2.45, 2.75) is 13.3 Å². The molecule has 1 aromatic carbocycles. The minimum absolute atomic E-state index is 0.0320. The van der Waals surface area contributed by atoms with E-state index in [2.05, 4.69) is 15.9 Å². The first kappa shape index (κ1) is 14.4. The Morgan fingerprint density at radius 3 is 2.71 bits per heavy atom. The molecule has 0 unspecified atom stereocenters. The normalized spacial score (nSPS) is 11.5. The van der Waals surface area contributed by atoms with Gasteiger partial charge in [0.25, 0.3) is 0 Å². The number of hydrogen-bond acceptors (Lipinski definition) is 3. The zero-order valence-corrected chi connectivity index (χ0v) is 11.9. The number of halogens is 2. The van der Waals surface area contributed by atoms with Crippen LogP contribution in [0.2, 0.25) is 0 Å². The Labute approximate surface area is 109 Å².